The Bertz CT molecular complexity index is 588. The molecule has 0 aliphatic heterocycles. The van der Waals surface area contributed by atoms with Gasteiger partial charge in [-0.15, -0.1) is 0 Å². The van der Waals surface area contributed by atoms with Crippen molar-refractivity contribution in [1.29, 1.82) is 0 Å². The molecule has 5 nitrogen and oxygen atoms in total. The van der Waals surface area contributed by atoms with Crippen molar-refractivity contribution in [2.24, 2.45) is 0 Å². The largest absolute Gasteiger partial charge is 0.294 e. The van der Waals surface area contributed by atoms with Gasteiger partial charge in [0.25, 0.3) is 10.1 Å². The minimum atomic E-state index is -4.02. The van der Waals surface area contributed by atoms with Gasteiger partial charge in [0.1, 0.15) is 0 Å². The molecule has 1 aliphatic carbocycles. The maximum Gasteiger partial charge on any atom is 0.278 e. The van der Waals surface area contributed by atoms with E-state index in [1.165, 1.54) is 12.1 Å². The second-order valence-corrected chi connectivity index (χ2v) is 5.57. The maximum absolute atomic E-state index is 12.0. The summed E-state index contributed by atoms with van der Waals surface area (Å²) in [5.74, 6) is -0.937. The number of fused-ring (bicyclic) bond motifs is 1. The van der Waals surface area contributed by atoms with Crippen LogP contribution < -0.4 is 0 Å². The molecule has 1 aliphatic rings. The summed E-state index contributed by atoms with van der Waals surface area (Å²) in [5, 5.41) is -1.42. The first-order valence-electron chi connectivity index (χ1n) is 4.93. The predicted octanol–water partition coefficient (Wildman–Crippen LogP) is 0.801. The molecule has 1 unspecified atom stereocenters. The van der Waals surface area contributed by atoms with Crippen molar-refractivity contribution in [2.45, 2.75) is 11.7 Å². The van der Waals surface area contributed by atoms with E-state index in [4.69, 9.17) is 0 Å². The summed E-state index contributed by atoms with van der Waals surface area (Å²) in [6.07, 6.45) is -0.355. The van der Waals surface area contributed by atoms with E-state index >= 15 is 0 Å². The molecule has 0 N–H and O–H groups in total. The summed E-state index contributed by atoms with van der Waals surface area (Å²) in [4.78, 5) is 23.7. The zero-order valence-corrected chi connectivity index (χ0v) is 9.86. The fourth-order valence-electron chi connectivity index (χ4n) is 1.83. The zero-order chi connectivity index (χ0) is 12.6. The molecular formula is C11H10O5S. The van der Waals surface area contributed by atoms with Crippen LogP contribution in [0.5, 0.6) is 0 Å². The number of Topliss-reactive ketones (excluding diaryl/α,β-unsaturated/α-hetero) is 2. The van der Waals surface area contributed by atoms with Crippen LogP contribution in [0.3, 0.4) is 0 Å². The third kappa shape index (κ3) is 1.89. The van der Waals surface area contributed by atoms with Crippen molar-refractivity contribution in [3.05, 3.63) is 35.4 Å². The smallest absolute Gasteiger partial charge is 0.278 e. The van der Waals surface area contributed by atoms with Crippen molar-refractivity contribution >= 4 is 21.7 Å². The topological polar surface area (TPSA) is 77.5 Å². The first kappa shape index (κ1) is 11.9. The van der Waals surface area contributed by atoms with Crippen LogP contribution in [-0.2, 0) is 14.3 Å². The van der Waals surface area contributed by atoms with Crippen LogP contribution in [-0.4, -0.2) is 32.3 Å². The Morgan fingerprint density at radius 3 is 2.35 bits per heavy atom. The van der Waals surface area contributed by atoms with Crippen molar-refractivity contribution in [3.8, 4) is 0 Å². The van der Waals surface area contributed by atoms with Crippen LogP contribution in [0.2, 0.25) is 0 Å². The summed E-state index contributed by atoms with van der Waals surface area (Å²) >= 11 is 0. The van der Waals surface area contributed by atoms with Gasteiger partial charge >= 0.3 is 0 Å². The first-order chi connectivity index (χ1) is 7.97. The normalized spacial score (nSPS) is 20.2. The number of ketones is 2. The summed E-state index contributed by atoms with van der Waals surface area (Å²) in [7, 11) is -3.04. The van der Waals surface area contributed by atoms with E-state index in [1.54, 1.807) is 12.1 Å². The Morgan fingerprint density at radius 2 is 1.76 bits per heavy atom. The molecule has 90 valence electrons. The summed E-state index contributed by atoms with van der Waals surface area (Å²) < 4.78 is 27.4. The van der Waals surface area contributed by atoms with E-state index in [1.807, 2.05) is 0 Å². The van der Waals surface area contributed by atoms with Gasteiger partial charge in [0.15, 0.2) is 16.8 Å². The molecule has 0 radical (unpaired) electrons. The SMILES string of the molecule is COS(=O)(=O)C1CC(=O)c2ccccc2C1=O. The number of carbonyl (C=O) groups is 2. The second kappa shape index (κ2) is 4.05. The summed E-state index contributed by atoms with van der Waals surface area (Å²) in [6.45, 7) is 0. The average molecular weight is 254 g/mol. The summed E-state index contributed by atoms with van der Waals surface area (Å²) in [5.41, 5.74) is 0.425. The molecule has 2 rings (SSSR count). The molecular weight excluding hydrogens is 244 g/mol. The lowest BCUT2D eigenvalue weighted by Gasteiger charge is -2.20. The van der Waals surface area contributed by atoms with Crippen LogP contribution in [0.1, 0.15) is 27.1 Å². The lowest BCUT2D eigenvalue weighted by molar-refractivity contribution is 0.0889. The van der Waals surface area contributed by atoms with E-state index in [2.05, 4.69) is 4.18 Å². The highest BCUT2D eigenvalue weighted by Gasteiger charge is 2.40. The minimum absolute atomic E-state index is 0.148. The van der Waals surface area contributed by atoms with E-state index < -0.39 is 21.2 Å². The molecule has 0 amide bonds. The lowest BCUT2D eigenvalue weighted by atomic mass is 9.89. The van der Waals surface area contributed by atoms with Crippen LogP contribution in [0.15, 0.2) is 24.3 Å². The predicted molar refractivity (Wildman–Crippen MR) is 59.4 cm³/mol. The van der Waals surface area contributed by atoms with Gasteiger partial charge in [-0.2, -0.15) is 8.42 Å². The van der Waals surface area contributed by atoms with E-state index in [0.717, 1.165) is 7.11 Å². The Balaban J connectivity index is 2.54. The molecule has 1 aromatic carbocycles. The molecule has 0 heterocycles. The van der Waals surface area contributed by atoms with Gasteiger partial charge in [-0.25, -0.2) is 0 Å². The monoisotopic (exact) mass is 254 g/mol. The highest BCUT2D eigenvalue weighted by atomic mass is 32.2. The highest BCUT2D eigenvalue weighted by molar-refractivity contribution is 7.88. The number of benzene rings is 1. The van der Waals surface area contributed by atoms with Crippen molar-refractivity contribution in [1.82, 2.24) is 0 Å². The standard InChI is InChI=1S/C11H10O5S/c1-16-17(14,15)10-6-9(12)7-4-2-3-5-8(7)11(10)13/h2-5,10H,6H2,1H3. The van der Waals surface area contributed by atoms with Crippen LogP contribution in [0, 0.1) is 0 Å². The van der Waals surface area contributed by atoms with Gasteiger partial charge in [0.05, 0.1) is 7.11 Å². The number of carbonyl (C=O) groups excluding carboxylic acids is 2. The molecule has 6 heteroatoms. The molecule has 1 aromatic rings. The Labute approximate surface area is 98.5 Å². The van der Waals surface area contributed by atoms with E-state index in [0.29, 0.717) is 0 Å². The third-order valence-electron chi connectivity index (χ3n) is 2.74. The Morgan fingerprint density at radius 1 is 1.18 bits per heavy atom. The molecule has 0 saturated heterocycles. The van der Waals surface area contributed by atoms with Gasteiger partial charge in [-0.05, 0) is 0 Å². The van der Waals surface area contributed by atoms with Gasteiger partial charge in [-0.1, -0.05) is 24.3 Å². The number of rotatable bonds is 2. The van der Waals surface area contributed by atoms with E-state index in [9.17, 15) is 18.0 Å². The van der Waals surface area contributed by atoms with Crippen LogP contribution in [0.25, 0.3) is 0 Å². The third-order valence-corrected chi connectivity index (χ3v) is 4.28. The molecule has 0 bridgehead atoms. The Hall–Kier alpha value is -1.53. The first-order valence-corrected chi connectivity index (χ1v) is 6.40. The van der Waals surface area contributed by atoms with Crippen molar-refractivity contribution < 1.29 is 22.2 Å². The maximum atomic E-state index is 12.0. The fraction of sp³-hybridized carbons (Fsp3) is 0.273. The lowest BCUT2D eigenvalue weighted by Crippen LogP contribution is -2.38. The Kier molecular flexibility index (Phi) is 2.84. The quantitative estimate of drug-likeness (QED) is 0.729. The molecule has 0 aromatic heterocycles. The van der Waals surface area contributed by atoms with Crippen molar-refractivity contribution in [2.75, 3.05) is 7.11 Å². The van der Waals surface area contributed by atoms with Crippen LogP contribution >= 0.6 is 0 Å². The fourth-order valence-corrected chi connectivity index (χ4v) is 2.81. The molecule has 0 fully saturated rings. The number of hydrogen-bond donors (Lipinski definition) is 0. The molecule has 17 heavy (non-hydrogen) atoms. The van der Waals surface area contributed by atoms with Gasteiger partial charge in [-0.3, -0.25) is 13.8 Å². The average Bonchev–Trinajstić information content (AvgIpc) is 2.33. The number of hydrogen-bond acceptors (Lipinski definition) is 5. The molecule has 0 spiro atoms. The van der Waals surface area contributed by atoms with Gasteiger partial charge in [0, 0.05) is 17.5 Å². The highest BCUT2D eigenvalue weighted by Crippen LogP contribution is 2.25. The summed E-state index contributed by atoms with van der Waals surface area (Å²) in [6, 6.07) is 6.19. The van der Waals surface area contributed by atoms with Gasteiger partial charge in [0.2, 0.25) is 0 Å². The van der Waals surface area contributed by atoms with Gasteiger partial charge < -0.3 is 0 Å². The molecule has 0 saturated carbocycles. The van der Waals surface area contributed by atoms with Crippen molar-refractivity contribution in [3.63, 3.8) is 0 Å². The zero-order valence-electron chi connectivity index (χ0n) is 9.04. The molecule has 1 atom stereocenters. The van der Waals surface area contributed by atoms with Crippen LogP contribution in [0.4, 0.5) is 0 Å². The minimum Gasteiger partial charge on any atom is -0.294 e. The second-order valence-electron chi connectivity index (χ2n) is 3.69. The van der Waals surface area contributed by atoms with E-state index in [-0.39, 0.29) is 23.3 Å².